The number of rotatable bonds is 10. The molecule has 1 atom stereocenters. The lowest BCUT2D eigenvalue weighted by Gasteiger charge is -2.19. The fourth-order valence-corrected chi connectivity index (χ4v) is 2.84. The minimum atomic E-state index is -0.621. The molecule has 7 nitrogen and oxygen atoms in total. The summed E-state index contributed by atoms with van der Waals surface area (Å²) in [6.07, 6.45) is 0.0652. The number of carbonyl (C=O) groups is 2. The van der Waals surface area contributed by atoms with Gasteiger partial charge in [-0.2, -0.15) is 0 Å². The van der Waals surface area contributed by atoms with Crippen LogP contribution in [0.3, 0.4) is 0 Å². The molecule has 0 aliphatic carbocycles. The molecule has 168 valence electrons. The second-order valence-electron chi connectivity index (χ2n) is 8.12. The Balaban J connectivity index is 1.79. The number of amides is 2. The molecule has 0 fully saturated rings. The van der Waals surface area contributed by atoms with E-state index in [0.717, 1.165) is 23.3 Å². The molecule has 2 aromatic carbocycles. The molecule has 0 saturated heterocycles. The maximum atomic E-state index is 11.8. The highest BCUT2D eigenvalue weighted by Crippen LogP contribution is 2.16. The molecule has 3 N–H and O–H groups in total. The Morgan fingerprint density at radius 2 is 1.61 bits per heavy atom. The van der Waals surface area contributed by atoms with Crippen molar-refractivity contribution in [3.05, 3.63) is 59.7 Å². The van der Waals surface area contributed by atoms with Crippen LogP contribution in [0.5, 0.6) is 5.75 Å². The molecule has 0 heterocycles. The molecule has 0 aliphatic rings. The van der Waals surface area contributed by atoms with Crippen LogP contribution in [0.2, 0.25) is 0 Å². The predicted octanol–water partition coefficient (Wildman–Crippen LogP) is 4.09. The lowest BCUT2D eigenvalue weighted by molar-refractivity contribution is -0.129. The number of primary amides is 1. The number of nitrogens with one attached hydrogen (secondary N) is 1. The zero-order chi connectivity index (χ0) is 22.9. The quantitative estimate of drug-likeness (QED) is 0.594. The van der Waals surface area contributed by atoms with Gasteiger partial charge in [0.05, 0.1) is 6.61 Å². The summed E-state index contributed by atoms with van der Waals surface area (Å²) in [4.78, 5) is 23.2. The summed E-state index contributed by atoms with van der Waals surface area (Å²) in [5.41, 5.74) is 7.55. The van der Waals surface area contributed by atoms with Crippen molar-refractivity contribution in [2.45, 2.75) is 52.2 Å². The molecular formula is C24H32N2O5. The molecule has 0 bridgehead atoms. The maximum absolute atomic E-state index is 11.8. The van der Waals surface area contributed by atoms with Gasteiger partial charge in [-0.05, 0) is 63.1 Å². The molecule has 0 aromatic heterocycles. The van der Waals surface area contributed by atoms with Crippen molar-refractivity contribution in [3.8, 4) is 5.75 Å². The Bertz CT molecular complexity index is 842. The molecule has 7 heteroatoms. The lowest BCUT2D eigenvalue weighted by atomic mass is 10.1. The number of nitrogens with two attached hydrogens (primary N) is 1. The highest BCUT2D eigenvalue weighted by molar-refractivity contribution is 5.84. The summed E-state index contributed by atoms with van der Waals surface area (Å²) in [6, 6.07) is 15.1. The lowest BCUT2D eigenvalue weighted by Crippen LogP contribution is -2.33. The first kappa shape index (κ1) is 24.2. The third kappa shape index (κ3) is 9.09. The van der Waals surface area contributed by atoms with Crippen molar-refractivity contribution >= 4 is 17.7 Å². The van der Waals surface area contributed by atoms with Gasteiger partial charge in [-0.1, -0.05) is 24.3 Å². The summed E-state index contributed by atoms with van der Waals surface area (Å²) in [5.74, 6) is 0.286. The fourth-order valence-electron chi connectivity index (χ4n) is 2.84. The average Bonchev–Trinajstić information content (AvgIpc) is 2.68. The smallest absolute Gasteiger partial charge is 0.412 e. The zero-order valence-electron chi connectivity index (χ0n) is 18.6. The van der Waals surface area contributed by atoms with E-state index in [1.165, 1.54) is 0 Å². The van der Waals surface area contributed by atoms with Gasteiger partial charge in [0.2, 0.25) is 5.91 Å². The number of carbonyl (C=O) groups excluding carboxylic acids is 2. The highest BCUT2D eigenvalue weighted by atomic mass is 16.6. The van der Waals surface area contributed by atoms with Gasteiger partial charge in [0.1, 0.15) is 17.5 Å². The predicted molar refractivity (Wildman–Crippen MR) is 120 cm³/mol. The van der Waals surface area contributed by atoms with Gasteiger partial charge in [-0.15, -0.1) is 0 Å². The van der Waals surface area contributed by atoms with Crippen LogP contribution in [0.15, 0.2) is 48.5 Å². The van der Waals surface area contributed by atoms with E-state index in [2.05, 4.69) is 5.32 Å². The molecule has 1 unspecified atom stereocenters. The van der Waals surface area contributed by atoms with Gasteiger partial charge in [0, 0.05) is 25.1 Å². The van der Waals surface area contributed by atoms with E-state index >= 15 is 0 Å². The van der Waals surface area contributed by atoms with Crippen molar-refractivity contribution in [1.82, 2.24) is 0 Å². The summed E-state index contributed by atoms with van der Waals surface area (Å²) in [6.45, 7) is 8.25. The topological polar surface area (TPSA) is 99.9 Å². The van der Waals surface area contributed by atoms with Gasteiger partial charge in [-0.3, -0.25) is 10.1 Å². The third-order valence-electron chi connectivity index (χ3n) is 4.29. The second kappa shape index (κ2) is 11.4. The molecular weight excluding hydrogens is 396 g/mol. The van der Waals surface area contributed by atoms with Gasteiger partial charge in [0.15, 0.2) is 0 Å². The number of ether oxygens (including phenoxy) is 3. The first-order valence-corrected chi connectivity index (χ1v) is 10.4. The third-order valence-corrected chi connectivity index (χ3v) is 4.29. The average molecular weight is 429 g/mol. The Morgan fingerprint density at radius 1 is 1.00 bits per heavy atom. The minimum absolute atomic E-state index is 0.437. The second-order valence-corrected chi connectivity index (χ2v) is 8.12. The van der Waals surface area contributed by atoms with E-state index in [1.807, 2.05) is 76.2 Å². The van der Waals surface area contributed by atoms with Crippen LogP contribution in [0.4, 0.5) is 10.5 Å². The zero-order valence-corrected chi connectivity index (χ0v) is 18.6. The number of hydrogen-bond donors (Lipinski definition) is 2. The Kier molecular flexibility index (Phi) is 8.88. The number of benzene rings is 2. The van der Waals surface area contributed by atoms with E-state index < -0.39 is 23.7 Å². The van der Waals surface area contributed by atoms with Gasteiger partial charge in [-0.25, -0.2) is 4.79 Å². The standard InChI is InChI=1S/C24H32N2O5/c1-5-29-21(22(25)27)16-18-8-12-20(13-9-18)30-15-14-17-6-10-19(11-7-17)26-23(28)31-24(2,3)4/h6-13,21H,5,14-16H2,1-4H3,(H2,25,27)(H,26,28). The monoisotopic (exact) mass is 428 g/mol. The van der Waals surface area contributed by atoms with Crippen molar-refractivity contribution in [3.63, 3.8) is 0 Å². The van der Waals surface area contributed by atoms with Crippen LogP contribution < -0.4 is 15.8 Å². The molecule has 0 spiro atoms. The van der Waals surface area contributed by atoms with E-state index in [9.17, 15) is 9.59 Å². The Hall–Kier alpha value is -3.06. The van der Waals surface area contributed by atoms with E-state index in [-0.39, 0.29) is 0 Å². The van der Waals surface area contributed by atoms with Crippen molar-refractivity contribution in [1.29, 1.82) is 0 Å². The van der Waals surface area contributed by atoms with Crippen molar-refractivity contribution < 1.29 is 23.8 Å². The summed E-state index contributed by atoms with van der Waals surface area (Å²) < 4.78 is 16.4. The van der Waals surface area contributed by atoms with Crippen molar-refractivity contribution in [2.24, 2.45) is 5.73 Å². The van der Waals surface area contributed by atoms with Crippen molar-refractivity contribution in [2.75, 3.05) is 18.5 Å². The van der Waals surface area contributed by atoms with E-state index in [1.54, 1.807) is 0 Å². The largest absolute Gasteiger partial charge is 0.493 e. The van der Waals surface area contributed by atoms with Gasteiger partial charge >= 0.3 is 6.09 Å². The normalized spacial score (nSPS) is 12.1. The molecule has 2 rings (SSSR count). The van der Waals surface area contributed by atoms with Crippen LogP contribution in [0.25, 0.3) is 0 Å². The van der Waals surface area contributed by atoms with E-state index in [0.29, 0.717) is 25.3 Å². The molecule has 2 amide bonds. The van der Waals surface area contributed by atoms with Crippen LogP contribution in [-0.4, -0.2) is 36.9 Å². The summed E-state index contributed by atoms with van der Waals surface area (Å²) in [7, 11) is 0. The van der Waals surface area contributed by atoms with Crippen LogP contribution >= 0.6 is 0 Å². The molecule has 0 saturated carbocycles. The van der Waals surface area contributed by atoms with Gasteiger partial charge < -0.3 is 19.9 Å². The SMILES string of the molecule is CCOC(Cc1ccc(OCCc2ccc(NC(=O)OC(C)(C)C)cc2)cc1)C(N)=O. The maximum Gasteiger partial charge on any atom is 0.412 e. The minimum Gasteiger partial charge on any atom is -0.493 e. The number of hydrogen-bond acceptors (Lipinski definition) is 5. The molecule has 0 radical (unpaired) electrons. The molecule has 2 aromatic rings. The fraction of sp³-hybridized carbons (Fsp3) is 0.417. The first-order valence-electron chi connectivity index (χ1n) is 10.4. The molecule has 31 heavy (non-hydrogen) atoms. The summed E-state index contributed by atoms with van der Waals surface area (Å²) in [5, 5.41) is 2.71. The van der Waals surface area contributed by atoms with Crippen LogP contribution in [0.1, 0.15) is 38.8 Å². The van der Waals surface area contributed by atoms with Crippen LogP contribution in [0, 0.1) is 0 Å². The van der Waals surface area contributed by atoms with Gasteiger partial charge in [0.25, 0.3) is 0 Å². The van der Waals surface area contributed by atoms with E-state index in [4.69, 9.17) is 19.9 Å². The number of anilines is 1. The molecule has 0 aliphatic heterocycles. The first-order chi connectivity index (χ1) is 14.7. The highest BCUT2D eigenvalue weighted by Gasteiger charge is 2.16. The van der Waals surface area contributed by atoms with Crippen LogP contribution in [-0.2, 0) is 27.1 Å². The Labute approximate surface area is 183 Å². The Morgan fingerprint density at radius 3 is 2.16 bits per heavy atom. The summed E-state index contributed by atoms with van der Waals surface area (Å²) >= 11 is 0.